The van der Waals surface area contributed by atoms with Gasteiger partial charge in [0, 0.05) is 4.90 Å². The fourth-order valence-electron chi connectivity index (χ4n) is 1.88. The molecule has 2 aromatic rings. The lowest BCUT2D eigenvalue weighted by Gasteiger charge is -2.08. The van der Waals surface area contributed by atoms with Crippen molar-refractivity contribution in [3.05, 3.63) is 53.8 Å². The number of thioether (sulfide) groups is 1. The van der Waals surface area contributed by atoms with Gasteiger partial charge in [-0.2, -0.15) is 0 Å². The van der Waals surface area contributed by atoms with Crippen LogP contribution in [-0.4, -0.2) is 16.8 Å². The van der Waals surface area contributed by atoms with Gasteiger partial charge >= 0.3 is 5.97 Å². The van der Waals surface area contributed by atoms with Crippen LogP contribution >= 0.6 is 11.8 Å². The van der Waals surface area contributed by atoms with Crippen molar-refractivity contribution < 1.29 is 14.3 Å². The summed E-state index contributed by atoms with van der Waals surface area (Å²) in [4.78, 5) is 12.3. The highest BCUT2D eigenvalue weighted by Crippen LogP contribution is 2.28. The van der Waals surface area contributed by atoms with Crippen molar-refractivity contribution in [1.82, 2.24) is 0 Å². The minimum absolute atomic E-state index is 0.279. The molecule has 0 fully saturated rings. The van der Waals surface area contributed by atoms with E-state index in [-0.39, 0.29) is 5.56 Å². The molecule has 0 aliphatic heterocycles. The van der Waals surface area contributed by atoms with Crippen molar-refractivity contribution in [2.24, 2.45) is 0 Å². The topological polar surface area (TPSA) is 37.3 Å². The molecule has 0 atom stereocenters. The maximum atomic E-state index is 13.6. The van der Waals surface area contributed by atoms with Crippen molar-refractivity contribution >= 4 is 17.7 Å². The van der Waals surface area contributed by atoms with Crippen LogP contribution in [0, 0.1) is 5.82 Å². The molecule has 2 aromatic carbocycles. The summed E-state index contributed by atoms with van der Waals surface area (Å²) >= 11 is 1.70. The first-order valence-corrected chi connectivity index (χ1v) is 6.87. The van der Waals surface area contributed by atoms with E-state index in [0.717, 1.165) is 16.7 Å². The SMILES string of the molecule is CCSc1ccc(-c2cccc(F)c2C(=O)O)cc1. The average molecular weight is 276 g/mol. The first-order chi connectivity index (χ1) is 9.13. The van der Waals surface area contributed by atoms with Gasteiger partial charge in [-0.1, -0.05) is 31.2 Å². The molecule has 0 bridgehead atoms. The Morgan fingerprint density at radius 2 is 1.89 bits per heavy atom. The van der Waals surface area contributed by atoms with Gasteiger partial charge in [0.25, 0.3) is 0 Å². The highest BCUT2D eigenvalue weighted by Gasteiger charge is 2.16. The van der Waals surface area contributed by atoms with E-state index in [9.17, 15) is 9.18 Å². The lowest BCUT2D eigenvalue weighted by Crippen LogP contribution is -2.03. The molecule has 19 heavy (non-hydrogen) atoms. The van der Waals surface area contributed by atoms with Crippen LogP contribution in [0.2, 0.25) is 0 Å². The lowest BCUT2D eigenvalue weighted by atomic mass is 9.99. The molecule has 0 saturated carbocycles. The van der Waals surface area contributed by atoms with E-state index >= 15 is 0 Å². The monoisotopic (exact) mass is 276 g/mol. The van der Waals surface area contributed by atoms with Crippen molar-refractivity contribution in [3.8, 4) is 11.1 Å². The van der Waals surface area contributed by atoms with Gasteiger partial charge in [-0.25, -0.2) is 9.18 Å². The van der Waals surface area contributed by atoms with E-state index in [1.54, 1.807) is 17.8 Å². The third kappa shape index (κ3) is 2.96. The molecule has 2 nitrogen and oxygen atoms in total. The zero-order valence-electron chi connectivity index (χ0n) is 10.4. The lowest BCUT2D eigenvalue weighted by molar-refractivity contribution is 0.0693. The second-order valence-electron chi connectivity index (χ2n) is 3.92. The van der Waals surface area contributed by atoms with Gasteiger partial charge in [-0.3, -0.25) is 0 Å². The number of aromatic carboxylic acids is 1. The summed E-state index contributed by atoms with van der Waals surface area (Å²) in [5.41, 5.74) is 0.830. The molecule has 4 heteroatoms. The molecule has 1 N–H and O–H groups in total. The molecular weight excluding hydrogens is 263 g/mol. The number of carboxylic acid groups (broad SMARTS) is 1. The summed E-state index contributed by atoms with van der Waals surface area (Å²) in [6.45, 7) is 2.06. The van der Waals surface area contributed by atoms with E-state index in [4.69, 9.17) is 5.11 Å². The first kappa shape index (κ1) is 13.6. The van der Waals surface area contributed by atoms with Crippen LogP contribution < -0.4 is 0 Å². The van der Waals surface area contributed by atoms with E-state index in [1.165, 1.54) is 6.07 Å². The van der Waals surface area contributed by atoms with Gasteiger partial charge in [0.15, 0.2) is 0 Å². The summed E-state index contributed by atoms with van der Waals surface area (Å²) in [5.74, 6) is -0.989. The fourth-order valence-corrected chi connectivity index (χ4v) is 2.54. The number of hydrogen-bond donors (Lipinski definition) is 1. The molecule has 0 unspecified atom stereocenters. The summed E-state index contributed by atoms with van der Waals surface area (Å²) in [5, 5.41) is 9.10. The first-order valence-electron chi connectivity index (χ1n) is 5.88. The molecule has 0 aliphatic carbocycles. The second kappa shape index (κ2) is 5.89. The minimum atomic E-state index is -1.25. The number of carboxylic acids is 1. The quantitative estimate of drug-likeness (QED) is 0.846. The molecule has 0 aromatic heterocycles. The Morgan fingerprint density at radius 3 is 2.47 bits per heavy atom. The largest absolute Gasteiger partial charge is 0.478 e. The van der Waals surface area contributed by atoms with Crippen LogP contribution in [0.1, 0.15) is 17.3 Å². The average Bonchev–Trinajstić information content (AvgIpc) is 2.39. The highest BCUT2D eigenvalue weighted by molar-refractivity contribution is 7.99. The Kier molecular flexibility index (Phi) is 4.22. The molecule has 98 valence electrons. The predicted octanol–water partition coefficient (Wildman–Crippen LogP) is 4.30. The molecule has 0 spiro atoms. The fraction of sp³-hybridized carbons (Fsp3) is 0.133. The smallest absolute Gasteiger partial charge is 0.339 e. The molecule has 0 saturated heterocycles. The normalized spacial score (nSPS) is 10.4. The molecule has 0 amide bonds. The van der Waals surface area contributed by atoms with Crippen LogP contribution in [0.4, 0.5) is 4.39 Å². The van der Waals surface area contributed by atoms with E-state index in [1.807, 2.05) is 24.3 Å². The molecule has 2 rings (SSSR count). The standard InChI is InChI=1S/C15H13FO2S/c1-2-19-11-8-6-10(7-9-11)12-4-3-5-13(16)14(12)15(17)18/h3-9H,2H2,1H3,(H,17,18). The highest BCUT2D eigenvalue weighted by atomic mass is 32.2. The molecule has 0 heterocycles. The van der Waals surface area contributed by atoms with Gasteiger partial charge in [0.2, 0.25) is 0 Å². The molecule has 0 aliphatic rings. The van der Waals surface area contributed by atoms with Crippen molar-refractivity contribution in [2.45, 2.75) is 11.8 Å². The van der Waals surface area contributed by atoms with Crippen LogP contribution in [-0.2, 0) is 0 Å². The molecule has 0 radical (unpaired) electrons. The predicted molar refractivity (Wildman–Crippen MR) is 75.2 cm³/mol. The van der Waals surface area contributed by atoms with Crippen LogP contribution in [0.5, 0.6) is 0 Å². The van der Waals surface area contributed by atoms with E-state index < -0.39 is 11.8 Å². The van der Waals surface area contributed by atoms with Crippen LogP contribution in [0.15, 0.2) is 47.4 Å². The number of carbonyl (C=O) groups is 1. The Hall–Kier alpha value is -1.81. The molecular formula is C15H13FO2S. The van der Waals surface area contributed by atoms with Crippen molar-refractivity contribution in [1.29, 1.82) is 0 Å². The van der Waals surface area contributed by atoms with Crippen molar-refractivity contribution in [3.63, 3.8) is 0 Å². The minimum Gasteiger partial charge on any atom is -0.478 e. The Bertz CT molecular complexity index is 594. The number of benzene rings is 2. The van der Waals surface area contributed by atoms with Gasteiger partial charge < -0.3 is 5.11 Å². The maximum absolute atomic E-state index is 13.6. The van der Waals surface area contributed by atoms with Crippen molar-refractivity contribution in [2.75, 3.05) is 5.75 Å². The summed E-state index contributed by atoms with van der Waals surface area (Å²) in [6, 6.07) is 11.8. The third-order valence-electron chi connectivity index (χ3n) is 2.70. The van der Waals surface area contributed by atoms with E-state index in [0.29, 0.717) is 11.1 Å². The van der Waals surface area contributed by atoms with Gasteiger partial charge in [0.05, 0.1) is 0 Å². The zero-order chi connectivity index (χ0) is 13.8. The third-order valence-corrected chi connectivity index (χ3v) is 3.60. The van der Waals surface area contributed by atoms with Gasteiger partial charge in [0.1, 0.15) is 11.4 Å². The van der Waals surface area contributed by atoms with E-state index in [2.05, 4.69) is 6.92 Å². The summed E-state index contributed by atoms with van der Waals surface area (Å²) in [7, 11) is 0. The summed E-state index contributed by atoms with van der Waals surface area (Å²) in [6.07, 6.45) is 0. The Morgan fingerprint density at radius 1 is 1.21 bits per heavy atom. The van der Waals surface area contributed by atoms with Gasteiger partial charge in [-0.15, -0.1) is 11.8 Å². The zero-order valence-corrected chi connectivity index (χ0v) is 11.2. The van der Waals surface area contributed by atoms with Crippen LogP contribution in [0.3, 0.4) is 0 Å². The van der Waals surface area contributed by atoms with Gasteiger partial charge in [-0.05, 0) is 35.1 Å². The number of halogens is 1. The van der Waals surface area contributed by atoms with Crippen LogP contribution in [0.25, 0.3) is 11.1 Å². The Labute approximate surface area is 115 Å². The second-order valence-corrected chi connectivity index (χ2v) is 5.26. The summed E-state index contributed by atoms with van der Waals surface area (Å²) < 4.78 is 13.6. The number of rotatable bonds is 4. The Balaban J connectivity index is 2.47. The number of hydrogen-bond acceptors (Lipinski definition) is 2. The maximum Gasteiger partial charge on any atom is 0.339 e.